The molecule has 0 amide bonds. The van der Waals surface area contributed by atoms with Crippen molar-refractivity contribution in [3.8, 4) is 0 Å². The molecule has 2 rings (SSSR count). The van der Waals surface area contributed by atoms with Crippen molar-refractivity contribution in [1.82, 2.24) is 14.9 Å². The molecular formula is C15H25IN4O. The lowest BCUT2D eigenvalue weighted by atomic mass is 10.2. The SMILES string of the molecule is CCCNc1nc(C2CN(C)CCO2)nc(CCC)c1I. The van der Waals surface area contributed by atoms with Crippen LogP contribution < -0.4 is 5.32 Å². The molecule has 1 aliphatic rings. The first kappa shape index (κ1) is 16.9. The summed E-state index contributed by atoms with van der Waals surface area (Å²) in [7, 11) is 2.12. The van der Waals surface area contributed by atoms with E-state index in [1.807, 2.05) is 0 Å². The summed E-state index contributed by atoms with van der Waals surface area (Å²) in [6, 6.07) is 0. The Balaban J connectivity index is 2.28. The van der Waals surface area contributed by atoms with Crippen LogP contribution in [0.2, 0.25) is 0 Å². The first-order chi connectivity index (χ1) is 10.2. The molecule has 1 atom stereocenters. The Hall–Kier alpha value is -0.470. The molecule has 1 saturated heterocycles. The lowest BCUT2D eigenvalue weighted by Crippen LogP contribution is -2.36. The Morgan fingerprint density at radius 1 is 1.33 bits per heavy atom. The maximum atomic E-state index is 5.87. The summed E-state index contributed by atoms with van der Waals surface area (Å²) in [4.78, 5) is 11.8. The summed E-state index contributed by atoms with van der Waals surface area (Å²) in [6.07, 6.45) is 3.14. The van der Waals surface area contributed by atoms with Gasteiger partial charge in [0.25, 0.3) is 0 Å². The molecule has 0 bridgehead atoms. The fourth-order valence-electron chi connectivity index (χ4n) is 2.35. The van der Waals surface area contributed by atoms with Gasteiger partial charge in [0, 0.05) is 19.6 Å². The molecule has 1 unspecified atom stereocenters. The van der Waals surface area contributed by atoms with Gasteiger partial charge in [0.2, 0.25) is 0 Å². The molecule has 1 aromatic heterocycles. The van der Waals surface area contributed by atoms with E-state index in [1.165, 1.54) is 0 Å². The predicted molar refractivity (Wildman–Crippen MR) is 93.7 cm³/mol. The van der Waals surface area contributed by atoms with Crippen molar-refractivity contribution in [3.63, 3.8) is 0 Å². The normalized spacial score (nSPS) is 19.7. The molecule has 0 aromatic carbocycles. The number of likely N-dealkylation sites (N-methyl/N-ethyl adjacent to an activating group) is 1. The summed E-state index contributed by atoms with van der Waals surface area (Å²) < 4.78 is 7.02. The van der Waals surface area contributed by atoms with Crippen molar-refractivity contribution in [2.24, 2.45) is 0 Å². The standard InChI is InChI=1S/C15H25IN4O/c1-4-6-11-13(16)15(17-7-5-2)19-14(18-11)12-10-20(3)8-9-21-12/h12H,4-10H2,1-3H3,(H,17,18,19). The third-order valence-corrected chi connectivity index (χ3v) is 4.66. The van der Waals surface area contributed by atoms with E-state index in [9.17, 15) is 0 Å². The lowest BCUT2D eigenvalue weighted by Gasteiger charge is -2.29. The minimum atomic E-state index is -0.0152. The second-order valence-electron chi connectivity index (χ2n) is 5.49. The van der Waals surface area contributed by atoms with Crippen molar-refractivity contribution in [3.05, 3.63) is 15.1 Å². The van der Waals surface area contributed by atoms with Gasteiger partial charge >= 0.3 is 0 Å². The number of hydrogen-bond donors (Lipinski definition) is 1. The Labute approximate surface area is 141 Å². The molecule has 1 N–H and O–H groups in total. The number of ether oxygens (including phenoxy) is 1. The molecule has 0 aliphatic carbocycles. The Morgan fingerprint density at radius 2 is 2.14 bits per heavy atom. The molecule has 21 heavy (non-hydrogen) atoms. The van der Waals surface area contributed by atoms with E-state index in [-0.39, 0.29) is 6.10 Å². The molecule has 6 heteroatoms. The topological polar surface area (TPSA) is 50.3 Å². The summed E-state index contributed by atoms with van der Waals surface area (Å²) in [5.41, 5.74) is 1.14. The lowest BCUT2D eigenvalue weighted by molar-refractivity contribution is -0.0255. The molecule has 5 nitrogen and oxygen atoms in total. The van der Waals surface area contributed by atoms with Gasteiger partial charge in [0.05, 0.1) is 15.9 Å². The van der Waals surface area contributed by atoms with Crippen LogP contribution in [0.1, 0.15) is 44.3 Å². The van der Waals surface area contributed by atoms with E-state index in [0.29, 0.717) is 0 Å². The van der Waals surface area contributed by atoms with Crippen LogP contribution >= 0.6 is 22.6 Å². The van der Waals surface area contributed by atoms with Crippen LogP contribution in [0, 0.1) is 3.57 Å². The number of nitrogens with zero attached hydrogens (tertiary/aromatic N) is 3. The maximum Gasteiger partial charge on any atom is 0.161 e. The zero-order valence-corrected chi connectivity index (χ0v) is 15.3. The quantitative estimate of drug-likeness (QED) is 0.740. The average Bonchev–Trinajstić information content (AvgIpc) is 2.48. The Morgan fingerprint density at radius 3 is 2.81 bits per heavy atom. The minimum Gasteiger partial charge on any atom is -0.369 e. The monoisotopic (exact) mass is 404 g/mol. The molecular weight excluding hydrogens is 379 g/mol. The second-order valence-corrected chi connectivity index (χ2v) is 6.57. The highest BCUT2D eigenvalue weighted by Crippen LogP contribution is 2.25. The minimum absolute atomic E-state index is 0.0152. The van der Waals surface area contributed by atoms with E-state index < -0.39 is 0 Å². The van der Waals surface area contributed by atoms with E-state index in [4.69, 9.17) is 14.7 Å². The molecule has 1 aromatic rings. The second kappa shape index (κ2) is 8.24. The summed E-state index contributed by atoms with van der Waals surface area (Å²) >= 11 is 2.36. The summed E-state index contributed by atoms with van der Waals surface area (Å²) in [6.45, 7) is 7.86. The highest BCUT2D eigenvalue weighted by atomic mass is 127. The zero-order chi connectivity index (χ0) is 15.2. The van der Waals surface area contributed by atoms with Crippen LogP contribution in [0.3, 0.4) is 0 Å². The van der Waals surface area contributed by atoms with E-state index in [0.717, 1.165) is 66.4 Å². The number of aromatic nitrogens is 2. The molecule has 2 heterocycles. The number of nitrogens with one attached hydrogen (secondary N) is 1. The first-order valence-corrected chi connectivity index (χ1v) is 8.83. The van der Waals surface area contributed by atoms with Gasteiger partial charge in [-0.15, -0.1) is 0 Å². The highest BCUT2D eigenvalue weighted by Gasteiger charge is 2.24. The third kappa shape index (κ3) is 4.50. The van der Waals surface area contributed by atoms with Gasteiger partial charge in [-0.05, 0) is 42.5 Å². The number of anilines is 1. The van der Waals surface area contributed by atoms with Gasteiger partial charge in [-0.25, -0.2) is 9.97 Å². The number of rotatable bonds is 6. The Bertz CT molecular complexity index is 469. The predicted octanol–water partition coefficient (Wildman–Crippen LogP) is 2.86. The smallest absolute Gasteiger partial charge is 0.161 e. The van der Waals surface area contributed by atoms with Crippen molar-refractivity contribution in [1.29, 1.82) is 0 Å². The van der Waals surface area contributed by atoms with Crippen molar-refractivity contribution in [2.75, 3.05) is 38.6 Å². The number of hydrogen-bond acceptors (Lipinski definition) is 5. The van der Waals surface area contributed by atoms with Crippen LogP contribution in [0.4, 0.5) is 5.82 Å². The third-order valence-electron chi connectivity index (χ3n) is 3.52. The van der Waals surface area contributed by atoms with E-state index in [1.54, 1.807) is 0 Å². The highest BCUT2D eigenvalue weighted by molar-refractivity contribution is 14.1. The van der Waals surface area contributed by atoms with Gasteiger partial charge in [0.1, 0.15) is 11.9 Å². The van der Waals surface area contributed by atoms with Gasteiger partial charge < -0.3 is 15.0 Å². The number of morpholine rings is 1. The number of aryl methyl sites for hydroxylation is 1. The summed E-state index contributed by atoms with van der Waals surface area (Å²) in [5.74, 6) is 1.78. The van der Waals surface area contributed by atoms with Gasteiger partial charge in [0.15, 0.2) is 5.82 Å². The van der Waals surface area contributed by atoms with E-state index in [2.05, 4.69) is 53.7 Å². The first-order valence-electron chi connectivity index (χ1n) is 7.76. The van der Waals surface area contributed by atoms with Crippen LogP contribution in [-0.2, 0) is 11.2 Å². The van der Waals surface area contributed by atoms with Gasteiger partial charge in [-0.1, -0.05) is 20.3 Å². The van der Waals surface area contributed by atoms with Crippen LogP contribution in [0.15, 0.2) is 0 Å². The molecule has 1 fully saturated rings. The van der Waals surface area contributed by atoms with Crippen molar-refractivity contribution in [2.45, 2.75) is 39.2 Å². The summed E-state index contributed by atoms with van der Waals surface area (Å²) in [5, 5.41) is 3.42. The molecule has 0 saturated carbocycles. The van der Waals surface area contributed by atoms with Crippen LogP contribution in [-0.4, -0.2) is 48.2 Å². The van der Waals surface area contributed by atoms with Crippen LogP contribution in [0.5, 0.6) is 0 Å². The van der Waals surface area contributed by atoms with Gasteiger partial charge in [-0.3, -0.25) is 0 Å². The van der Waals surface area contributed by atoms with Crippen molar-refractivity contribution >= 4 is 28.4 Å². The van der Waals surface area contributed by atoms with Gasteiger partial charge in [-0.2, -0.15) is 0 Å². The van der Waals surface area contributed by atoms with E-state index >= 15 is 0 Å². The largest absolute Gasteiger partial charge is 0.369 e. The maximum absolute atomic E-state index is 5.87. The zero-order valence-electron chi connectivity index (χ0n) is 13.2. The van der Waals surface area contributed by atoms with Crippen molar-refractivity contribution < 1.29 is 4.74 Å². The molecule has 0 radical (unpaired) electrons. The molecule has 1 aliphatic heterocycles. The Kier molecular flexibility index (Phi) is 6.63. The molecule has 0 spiro atoms. The number of halogens is 1. The fourth-order valence-corrected chi connectivity index (χ4v) is 3.06. The fraction of sp³-hybridized carbons (Fsp3) is 0.733. The molecule has 118 valence electrons. The van der Waals surface area contributed by atoms with Crippen LogP contribution in [0.25, 0.3) is 0 Å². The average molecular weight is 404 g/mol.